The first-order chi connectivity index (χ1) is 14.5. The van der Waals surface area contributed by atoms with Gasteiger partial charge in [-0.15, -0.1) is 0 Å². The number of amides is 3. The second kappa shape index (κ2) is 12.1. The van der Waals surface area contributed by atoms with Crippen molar-refractivity contribution in [3.8, 4) is 11.5 Å². The minimum Gasteiger partial charge on any atom is -0.493 e. The molecule has 3 amide bonds. The van der Waals surface area contributed by atoms with Gasteiger partial charge in [0.1, 0.15) is 0 Å². The summed E-state index contributed by atoms with van der Waals surface area (Å²) in [6.07, 6.45) is 2.10. The number of carbonyl (C=O) groups is 3. The van der Waals surface area contributed by atoms with E-state index in [1.165, 1.54) is 13.2 Å². The second-order valence-corrected chi connectivity index (χ2v) is 6.51. The quantitative estimate of drug-likeness (QED) is 0.408. The number of hydrazine groups is 1. The molecule has 8 heteroatoms. The van der Waals surface area contributed by atoms with Crippen LogP contribution >= 0.6 is 0 Å². The van der Waals surface area contributed by atoms with Crippen molar-refractivity contribution in [1.29, 1.82) is 0 Å². The minimum atomic E-state index is -0.545. The van der Waals surface area contributed by atoms with E-state index < -0.39 is 11.8 Å². The number of unbranched alkanes of at least 4 members (excludes halogenated alkanes) is 1. The lowest BCUT2D eigenvalue weighted by Gasteiger charge is -2.12. The molecule has 160 valence electrons. The topological polar surface area (TPSA) is 106 Å². The van der Waals surface area contributed by atoms with Crippen molar-refractivity contribution < 1.29 is 23.9 Å². The number of rotatable bonds is 10. The highest BCUT2D eigenvalue weighted by molar-refractivity contribution is 5.96. The third-order valence-corrected chi connectivity index (χ3v) is 4.15. The average molecular weight is 413 g/mol. The van der Waals surface area contributed by atoms with Crippen LogP contribution in [0.4, 0.5) is 0 Å². The maximum Gasteiger partial charge on any atom is 0.269 e. The van der Waals surface area contributed by atoms with Gasteiger partial charge in [-0.25, -0.2) is 0 Å². The summed E-state index contributed by atoms with van der Waals surface area (Å²) in [5.74, 6) is -0.370. The van der Waals surface area contributed by atoms with Gasteiger partial charge in [0.15, 0.2) is 11.5 Å². The van der Waals surface area contributed by atoms with E-state index in [2.05, 4.69) is 23.1 Å². The third kappa shape index (κ3) is 7.46. The molecule has 0 saturated carbocycles. The smallest absolute Gasteiger partial charge is 0.269 e. The summed E-state index contributed by atoms with van der Waals surface area (Å²) in [6, 6.07) is 13.9. The molecule has 0 aliphatic carbocycles. The summed E-state index contributed by atoms with van der Waals surface area (Å²) < 4.78 is 10.9. The van der Waals surface area contributed by atoms with Gasteiger partial charge in [0, 0.05) is 5.56 Å². The van der Waals surface area contributed by atoms with Gasteiger partial charge < -0.3 is 14.8 Å². The lowest BCUT2D eigenvalue weighted by Crippen LogP contribution is -2.46. The van der Waals surface area contributed by atoms with E-state index in [0.717, 1.165) is 18.4 Å². The Balaban J connectivity index is 1.78. The van der Waals surface area contributed by atoms with Gasteiger partial charge in [-0.1, -0.05) is 43.7 Å². The van der Waals surface area contributed by atoms with Crippen LogP contribution in [0.15, 0.2) is 48.5 Å². The summed E-state index contributed by atoms with van der Waals surface area (Å²) in [7, 11) is 1.49. The Bertz CT molecular complexity index is 855. The highest BCUT2D eigenvalue weighted by Gasteiger charge is 2.13. The molecule has 0 aromatic heterocycles. The Labute approximate surface area is 175 Å². The van der Waals surface area contributed by atoms with Gasteiger partial charge in [0.25, 0.3) is 11.8 Å². The van der Waals surface area contributed by atoms with Crippen molar-refractivity contribution in [3.63, 3.8) is 0 Å². The Morgan fingerprint density at radius 3 is 2.40 bits per heavy atom. The maximum absolute atomic E-state index is 12.3. The van der Waals surface area contributed by atoms with Crippen LogP contribution in [0.25, 0.3) is 0 Å². The van der Waals surface area contributed by atoms with E-state index in [9.17, 15) is 14.4 Å². The van der Waals surface area contributed by atoms with Crippen LogP contribution in [0, 0.1) is 0 Å². The van der Waals surface area contributed by atoms with Crippen molar-refractivity contribution in [2.24, 2.45) is 0 Å². The molecule has 0 saturated heterocycles. The third-order valence-electron chi connectivity index (χ3n) is 4.15. The first kappa shape index (κ1) is 22.7. The number of benzene rings is 2. The summed E-state index contributed by atoms with van der Waals surface area (Å²) in [4.78, 5) is 36.0. The van der Waals surface area contributed by atoms with Crippen molar-refractivity contribution in [1.82, 2.24) is 16.2 Å². The molecule has 0 radical (unpaired) electrons. The summed E-state index contributed by atoms with van der Waals surface area (Å²) in [5.41, 5.74) is 5.72. The van der Waals surface area contributed by atoms with Gasteiger partial charge in [0.2, 0.25) is 5.91 Å². The summed E-state index contributed by atoms with van der Waals surface area (Å²) in [6.45, 7) is 2.38. The van der Waals surface area contributed by atoms with Crippen molar-refractivity contribution in [2.75, 3.05) is 20.3 Å². The number of methoxy groups -OCH3 is 1. The lowest BCUT2D eigenvalue weighted by molar-refractivity contribution is -0.126. The zero-order chi connectivity index (χ0) is 21.8. The van der Waals surface area contributed by atoms with Gasteiger partial charge >= 0.3 is 0 Å². The zero-order valence-electron chi connectivity index (χ0n) is 17.2. The Kier molecular flexibility index (Phi) is 9.18. The highest BCUT2D eigenvalue weighted by Crippen LogP contribution is 2.28. The SMILES string of the molecule is CCCCOc1ccc(C(=O)NNC(=O)CNC(=O)Cc2ccccc2)cc1OC. The van der Waals surface area contributed by atoms with E-state index in [0.29, 0.717) is 23.7 Å². The number of hydrogen-bond donors (Lipinski definition) is 3. The molecule has 2 aromatic rings. The molecule has 0 bridgehead atoms. The average Bonchev–Trinajstić information content (AvgIpc) is 2.77. The van der Waals surface area contributed by atoms with Crippen LogP contribution in [0.3, 0.4) is 0 Å². The Morgan fingerprint density at radius 2 is 1.70 bits per heavy atom. The van der Waals surface area contributed by atoms with Gasteiger partial charge in [0.05, 0.1) is 26.7 Å². The molecule has 2 rings (SSSR count). The molecule has 0 atom stereocenters. The van der Waals surface area contributed by atoms with Crippen molar-refractivity contribution >= 4 is 17.7 Å². The van der Waals surface area contributed by atoms with Crippen LogP contribution in [-0.2, 0) is 16.0 Å². The molecular weight excluding hydrogens is 386 g/mol. The molecule has 0 unspecified atom stereocenters. The predicted molar refractivity (Wildman–Crippen MR) is 112 cm³/mol. The first-order valence-corrected chi connectivity index (χ1v) is 9.74. The molecule has 0 aliphatic rings. The normalized spacial score (nSPS) is 10.1. The number of hydrogen-bond acceptors (Lipinski definition) is 5. The van der Waals surface area contributed by atoms with Crippen LogP contribution in [0.2, 0.25) is 0 Å². The molecule has 30 heavy (non-hydrogen) atoms. The van der Waals surface area contributed by atoms with Crippen molar-refractivity contribution in [3.05, 3.63) is 59.7 Å². The van der Waals surface area contributed by atoms with Crippen LogP contribution < -0.4 is 25.6 Å². The van der Waals surface area contributed by atoms with Crippen LogP contribution in [-0.4, -0.2) is 38.0 Å². The van der Waals surface area contributed by atoms with E-state index in [-0.39, 0.29) is 18.9 Å². The minimum absolute atomic E-state index is 0.174. The number of ether oxygens (including phenoxy) is 2. The van der Waals surface area contributed by atoms with E-state index in [4.69, 9.17) is 9.47 Å². The largest absolute Gasteiger partial charge is 0.493 e. The van der Waals surface area contributed by atoms with Gasteiger partial charge in [-0.05, 0) is 30.2 Å². The van der Waals surface area contributed by atoms with Gasteiger partial charge in [-0.3, -0.25) is 25.2 Å². The fourth-order valence-electron chi connectivity index (χ4n) is 2.52. The lowest BCUT2D eigenvalue weighted by atomic mass is 10.1. The first-order valence-electron chi connectivity index (χ1n) is 9.74. The molecular formula is C22H27N3O5. The molecule has 0 spiro atoms. The molecule has 0 aliphatic heterocycles. The molecule has 2 aromatic carbocycles. The highest BCUT2D eigenvalue weighted by atomic mass is 16.5. The molecule has 0 heterocycles. The monoisotopic (exact) mass is 413 g/mol. The summed E-state index contributed by atoms with van der Waals surface area (Å²) >= 11 is 0. The van der Waals surface area contributed by atoms with Crippen molar-refractivity contribution in [2.45, 2.75) is 26.2 Å². The van der Waals surface area contributed by atoms with E-state index >= 15 is 0 Å². The predicted octanol–water partition coefficient (Wildman–Crippen LogP) is 1.99. The Hall–Kier alpha value is -3.55. The van der Waals surface area contributed by atoms with E-state index in [1.807, 2.05) is 30.3 Å². The number of carbonyl (C=O) groups excluding carboxylic acids is 3. The molecule has 3 N–H and O–H groups in total. The second-order valence-electron chi connectivity index (χ2n) is 6.51. The van der Waals surface area contributed by atoms with E-state index in [1.54, 1.807) is 12.1 Å². The van der Waals surface area contributed by atoms with Crippen LogP contribution in [0.5, 0.6) is 11.5 Å². The Morgan fingerprint density at radius 1 is 0.933 bits per heavy atom. The molecule has 8 nitrogen and oxygen atoms in total. The fraction of sp³-hybridized carbons (Fsp3) is 0.318. The standard InChI is InChI=1S/C22H27N3O5/c1-3-4-12-30-18-11-10-17(14-19(18)29-2)22(28)25-24-21(27)15-23-20(26)13-16-8-6-5-7-9-16/h5-11,14H,3-4,12-13,15H2,1-2H3,(H,23,26)(H,24,27)(H,25,28). The van der Waals surface area contributed by atoms with Gasteiger partial charge in [-0.2, -0.15) is 0 Å². The number of nitrogens with one attached hydrogen (secondary N) is 3. The van der Waals surface area contributed by atoms with Crippen LogP contribution in [0.1, 0.15) is 35.7 Å². The maximum atomic E-state index is 12.3. The zero-order valence-corrected chi connectivity index (χ0v) is 17.2. The fourth-order valence-corrected chi connectivity index (χ4v) is 2.52. The molecule has 0 fully saturated rings. The summed E-state index contributed by atoms with van der Waals surface area (Å²) in [5, 5.41) is 2.51.